The zero-order valence-corrected chi connectivity index (χ0v) is 17.7. The minimum Gasteiger partial charge on any atom is -0.399 e. The van der Waals surface area contributed by atoms with E-state index in [1.807, 2.05) is 97.1 Å². The SMILES string of the molecule is Nc1ccc(Cc2ccc(NC(=O)Nc3ccc(Cc4ccc(N)cc4)cc3)cc2)cc1. The van der Waals surface area contributed by atoms with Crippen LogP contribution in [0.2, 0.25) is 0 Å². The molecule has 4 aromatic rings. The molecule has 0 aromatic heterocycles. The van der Waals surface area contributed by atoms with Crippen molar-refractivity contribution in [1.29, 1.82) is 0 Å². The molecule has 0 fully saturated rings. The molecule has 6 N–H and O–H groups in total. The molecule has 0 aliphatic heterocycles. The van der Waals surface area contributed by atoms with Crippen LogP contribution in [0.1, 0.15) is 22.3 Å². The Morgan fingerprint density at radius 3 is 1.09 bits per heavy atom. The molecule has 0 spiro atoms. The van der Waals surface area contributed by atoms with Crippen LogP contribution in [0.5, 0.6) is 0 Å². The van der Waals surface area contributed by atoms with Crippen molar-refractivity contribution in [3.05, 3.63) is 119 Å². The normalized spacial score (nSPS) is 10.5. The quantitative estimate of drug-likeness (QED) is 0.301. The van der Waals surface area contributed by atoms with Crippen LogP contribution in [0, 0.1) is 0 Å². The van der Waals surface area contributed by atoms with Gasteiger partial charge in [-0.15, -0.1) is 0 Å². The Morgan fingerprint density at radius 2 is 0.781 bits per heavy atom. The number of carbonyl (C=O) groups is 1. The fraction of sp³-hybridized carbons (Fsp3) is 0.0741. The summed E-state index contributed by atoms with van der Waals surface area (Å²) in [5.41, 5.74) is 19.2. The van der Waals surface area contributed by atoms with E-state index in [2.05, 4.69) is 10.6 Å². The first-order valence-electron chi connectivity index (χ1n) is 10.5. The average Bonchev–Trinajstić information content (AvgIpc) is 2.79. The van der Waals surface area contributed by atoms with Crippen LogP contribution >= 0.6 is 0 Å². The van der Waals surface area contributed by atoms with Crippen LogP contribution in [0.4, 0.5) is 27.5 Å². The number of anilines is 4. The number of urea groups is 1. The molecule has 0 saturated heterocycles. The lowest BCUT2D eigenvalue weighted by molar-refractivity contribution is 0.262. The number of nitrogens with one attached hydrogen (secondary N) is 2. The van der Waals surface area contributed by atoms with Crippen LogP contribution in [0.3, 0.4) is 0 Å². The van der Waals surface area contributed by atoms with Crippen molar-refractivity contribution in [3.63, 3.8) is 0 Å². The average molecular weight is 423 g/mol. The second kappa shape index (κ2) is 9.71. The first kappa shape index (κ1) is 21.0. The van der Waals surface area contributed by atoms with Crippen molar-refractivity contribution < 1.29 is 4.79 Å². The van der Waals surface area contributed by atoms with Gasteiger partial charge >= 0.3 is 6.03 Å². The fourth-order valence-electron chi connectivity index (χ4n) is 3.45. The maximum Gasteiger partial charge on any atom is 0.323 e. The van der Waals surface area contributed by atoms with E-state index in [-0.39, 0.29) is 6.03 Å². The van der Waals surface area contributed by atoms with Crippen LogP contribution in [-0.4, -0.2) is 6.03 Å². The lowest BCUT2D eigenvalue weighted by Gasteiger charge is -2.10. The second-order valence-corrected chi connectivity index (χ2v) is 7.81. The molecular formula is C27H26N4O. The van der Waals surface area contributed by atoms with Gasteiger partial charge in [-0.3, -0.25) is 0 Å². The second-order valence-electron chi connectivity index (χ2n) is 7.81. The molecule has 0 radical (unpaired) electrons. The minimum atomic E-state index is -0.275. The first-order valence-corrected chi connectivity index (χ1v) is 10.5. The standard InChI is InChI=1S/C27H26N4O/c28-23-9-1-19(2-10-23)17-21-5-13-25(14-6-21)30-27(32)31-26-15-7-22(8-16-26)18-20-3-11-24(29)12-4-20/h1-16H,17-18,28-29H2,(H2,30,31,32). The predicted octanol–water partition coefficient (Wildman–Crippen LogP) is 5.68. The first-order chi connectivity index (χ1) is 15.5. The largest absolute Gasteiger partial charge is 0.399 e. The highest BCUT2D eigenvalue weighted by Gasteiger charge is 2.04. The van der Waals surface area contributed by atoms with E-state index in [0.29, 0.717) is 0 Å². The molecular weight excluding hydrogens is 396 g/mol. The number of nitrogen functional groups attached to an aromatic ring is 2. The van der Waals surface area contributed by atoms with Gasteiger partial charge in [-0.25, -0.2) is 4.79 Å². The lowest BCUT2D eigenvalue weighted by atomic mass is 10.0. The van der Waals surface area contributed by atoms with Gasteiger partial charge in [0.25, 0.3) is 0 Å². The summed E-state index contributed by atoms with van der Waals surface area (Å²) >= 11 is 0. The molecule has 4 aromatic carbocycles. The third kappa shape index (κ3) is 5.89. The van der Waals surface area contributed by atoms with Crippen molar-refractivity contribution in [2.45, 2.75) is 12.8 Å². The molecule has 4 rings (SSSR count). The summed E-state index contributed by atoms with van der Waals surface area (Å²) in [6.45, 7) is 0. The molecule has 5 heteroatoms. The van der Waals surface area contributed by atoms with E-state index in [4.69, 9.17) is 11.5 Å². The number of nitrogens with two attached hydrogens (primary N) is 2. The van der Waals surface area contributed by atoms with E-state index < -0.39 is 0 Å². The molecule has 0 saturated carbocycles. The van der Waals surface area contributed by atoms with Crippen LogP contribution in [0.15, 0.2) is 97.1 Å². The summed E-state index contributed by atoms with van der Waals surface area (Å²) in [5, 5.41) is 5.74. The van der Waals surface area contributed by atoms with Crippen LogP contribution in [-0.2, 0) is 12.8 Å². The van der Waals surface area contributed by atoms with E-state index in [1.54, 1.807) is 0 Å². The Labute approximate surface area is 188 Å². The van der Waals surface area contributed by atoms with Gasteiger partial charge in [-0.1, -0.05) is 48.5 Å². The molecule has 0 unspecified atom stereocenters. The van der Waals surface area contributed by atoms with Gasteiger partial charge in [-0.2, -0.15) is 0 Å². The molecule has 160 valence electrons. The Morgan fingerprint density at radius 1 is 0.500 bits per heavy atom. The van der Waals surface area contributed by atoms with Gasteiger partial charge < -0.3 is 22.1 Å². The summed E-state index contributed by atoms with van der Waals surface area (Å²) < 4.78 is 0. The molecule has 0 aliphatic carbocycles. The van der Waals surface area contributed by atoms with E-state index in [0.717, 1.165) is 46.7 Å². The Bertz CT molecular complexity index is 1070. The van der Waals surface area contributed by atoms with E-state index in [9.17, 15) is 4.79 Å². The topological polar surface area (TPSA) is 93.2 Å². The highest BCUT2D eigenvalue weighted by Crippen LogP contribution is 2.17. The number of amides is 2. The lowest BCUT2D eigenvalue weighted by Crippen LogP contribution is -2.19. The highest BCUT2D eigenvalue weighted by atomic mass is 16.2. The third-order valence-corrected chi connectivity index (χ3v) is 5.20. The maximum atomic E-state index is 12.4. The molecule has 2 amide bonds. The van der Waals surface area contributed by atoms with Gasteiger partial charge in [0, 0.05) is 22.7 Å². The molecule has 32 heavy (non-hydrogen) atoms. The molecule has 0 atom stereocenters. The number of carbonyl (C=O) groups excluding carboxylic acids is 1. The highest BCUT2D eigenvalue weighted by molar-refractivity contribution is 5.99. The fourth-order valence-corrected chi connectivity index (χ4v) is 3.45. The summed E-state index contributed by atoms with van der Waals surface area (Å²) in [4.78, 5) is 12.4. The molecule has 0 heterocycles. The summed E-state index contributed by atoms with van der Waals surface area (Å²) in [6, 6.07) is 31.1. The van der Waals surface area contributed by atoms with E-state index >= 15 is 0 Å². The van der Waals surface area contributed by atoms with Gasteiger partial charge in [0.05, 0.1) is 0 Å². The molecule has 5 nitrogen and oxygen atoms in total. The monoisotopic (exact) mass is 422 g/mol. The maximum absolute atomic E-state index is 12.4. The van der Waals surface area contributed by atoms with Crippen LogP contribution < -0.4 is 22.1 Å². The van der Waals surface area contributed by atoms with Crippen molar-refractivity contribution in [2.75, 3.05) is 22.1 Å². The third-order valence-electron chi connectivity index (χ3n) is 5.20. The number of rotatable bonds is 6. The Balaban J connectivity index is 1.29. The van der Waals surface area contributed by atoms with Gasteiger partial charge in [0.2, 0.25) is 0 Å². The van der Waals surface area contributed by atoms with Crippen LogP contribution in [0.25, 0.3) is 0 Å². The molecule has 0 aliphatic rings. The predicted molar refractivity (Wildman–Crippen MR) is 133 cm³/mol. The summed E-state index contributed by atoms with van der Waals surface area (Å²) in [5.74, 6) is 0. The van der Waals surface area contributed by atoms with Crippen molar-refractivity contribution in [1.82, 2.24) is 0 Å². The number of hydrogen-bond donors (Lipinski definition) is 4. The smallest absolute Gasteiger partial charge is 0.323 e. The molecule has 0 bridgehead atoms. The minimum absolute atomic E-state index is 0.275. The zero-order chi connectivity index (χ0) is 22.3. The summed E-state index contributed by atoms with van der Waals surface area (Å²) in [6.07, 6.45) is 1.63. The van der Waals surface area contributed by atoms with Crippen molar-refractivity contribution in [3.8, 4) is 0 Å². The van der Waals surface area contributed by atoms with Gasteiger partial charge in [0.1, 0.15) is 0 Å². The summed E-state index contributed by atoms with van der Waals surface area (Å²) in [7, 11) is 0. The van der Waals surface area contributed by atoms with Crippen molar-refractivity contribution >= 4 is 28.8 Å². The number of hydrogen-bond acceptors (Lipinski definition) is 3. The Hall–Kier alpha value is -4.25. The number of benzene rings is 4. The zero-order valence-electron chi connectivity index (χ0n) is 17.7. The van der Waals surface area contributed by atoms with E-state index in [1.165, 1.54) is 11.1 Å². The van der Waals surface area contributed by atoms with Crippen molar-refractivity contribution in [2.24, 2.45) is 0 Å². The van der Waals surface area contributed by atoms with Gasteiger partial charge in [-0.05, 0) is 83.6 Å². The Kier molecular flexibility index (Phi) is 6.37. The van der Waals surface area contributed by atoms with Gasteiger partial charge in [0.15, 0.2) is 0 Å².